The number of amides is 2. The van der Waals surface area contributed by atoms with Crippen LogP contribution in [0.5, 0.6) is 5.88 Å². The molecule has 1 fully saturated rings. The van der Waals surface area contributed by atoms with E-state index in [0.29, 0.717) is 19.0 Å². The molecule has 1 aliphatic heterocycles. The Morgan fingerprint density at radius 1 is 1.00 bits per heavy atom. The third-order valence-corrected chi connectivity index (χ3v) is 4.55. The molecule has 3 heterocycles. The third-order valence-electron chi connectivity index (χ3n) is 4.55. The van der Waals surface area contributed by atoms with E-state index in [0.717, 1.165) is 43.1 Å². The molecular weight excluding hydrogens is 344 g/mol. The zero-order chi connectivity index (χ0) is 19.1. The van der Waals surface area contributed by atoms with Gasteiger partial charge in [-0.1, -0.05) is 12.1 Å². The van der Waals surface area contributed by atoms with Gasteiger partial charge in [-0.05, 0) is 24.2 Å². The normalized spacial score (nSPS) is 14.7. The van der Waals surface area contributed by atoms with Crippen LogP contribution in [0.1, 0.15) is 11.1 Å². The van der Waals surface area contributed by atoms with Crippen LogP contribution in [0, 0.1) is 0 Å². The summed E-state index contributed by atoms with van der Waals surface area (Å²) in [6, 6.07) is 7.43. The summed E-state index contributed by atoms with van der Waals surface area (Å²) < 4.78 is 5.01. The van der Waals surface area contributed by atoms with Crippen molar-refractivity contribution < 1.29 is 9.53 Å². The summed E-state index contributed by atoms with van der Waals surface area (Å²) in [4.78, 5) is 25.2. The second kappa shape index (κ2) is 9.18. The summed E-state index contributed by atoms with van der Waals surface area (Å²) in [6.07, 6.45) is 3.50. The molecule has 1 saturated heterocycles. The van der Waals surface area contributed by atoms with Crippen molar-refractivity contribution in [3.63, 3.8) is 0 Å². The van der Waals surface area contributed by atoms with E-state index in [-0.39, 0.29) is 6.03 Å². The Morgan fingerprint density at radius 3 is 2.15 bits per heavy atom. The summed E-state index contributed by atoms with van der Waals surface area (Å²) in [6.45, 7) is 4.92. The molecule has 2 aromatic heterocycles. The van der Waals surface area contributed by atoms with E-state index >= 15 is 0 Å². The summed E-state index contributed by atoms with van der Waals surface area (Å²) in [5.41, 5.74) is 1.87. The molecule has 0 unspecified atom stereocenters. The molecule has 1 aliphatic rings. The van der Waals surface area contributed by atoms with Crippen molar-refractivity contribution in [2.24, 2.45) is 0 Å². The summed E-state index contributed by atoms with van der Waals surface area (Å²) >= 11 is 0. The van der Waals surface area contributed by atoms with E-state index in [9.17, 15) is 4.79 Å². The fraction of sp³-hybridized carbons (Fsp3) is 0.421. The molecule has 2 amide bonds. The maximum Gasteiger partial charge on any atom is 0.315 e. The number of hydrogen-bond acceptors (Lipinski definition) is 6. The van der Waals surface area contributed by atoms with Crippen LogP contribution in [0.3, 0.4) is 0 Å². The first kappa shape index (κ1) is 18.9. The van der Waals surface area contributed by atoms with Gasteiger partial charge in [0.25, 0.3) is 0 Å². The van der Waals surface area contributed by atoms with Gasteiger partial charge in [0.2, 0.25) is 5.88 Å². The van der Waals surface area contributed by atoms with Gasteiger partial charge in [-0.15, -0.1) is 0 Å². The number of carbonyl (C=O) groups is 1. The number of aromatic nitrogens is 2. The number of hydrogen-bond donors (Lipinski definition) is 2. The van der Waals surface area contributed by atoms with Crippen LogP contribution in [-0.2, 0) is 13.1 Å². The lowest BCUT2D eigenvalue weighted by molar-refractivity contribution is 0.240. The van der Waals surface area contributed by atoms with Crippen molar-refractivity contribution in [3.8, 4) is 5.88 Å². The molecule has 0 bridgehead atoms. The summed E-state index contributed by atoms with van der Waals surface area (Å²) in [5.74, 6) is 1.54. The number of piperazine rings is 1. The zero-order valence-electron chi connectivity index (χ0n) is 15.8. The van der Waals surface area contributed by atoms with Crippen LogP contribution in [0.15, 0.2) is 36.7 Å². The Hall–Kier alpha value is -2.87. The van der Waals surface area contributed by atoms with Crippen molar-refractivity contribution in [2.75, 3.05) is 45.2 Å². The zero-order valence-corrected chi connectivity index (χ0v) is 15.8. The van der Waals surface area contributed by atoms with E-state index in [1.807, 2.05) is 24.4 Å². The van der Waals surface area contributed by atoms with Crippen LogP contribution >= 0.6 is 0 Å². The molecule has 27 heavy (non-hydrogen) atoms. The minimum absolute atomic E-state index is 0.228. The highest BCUT2D eigenvalue weighted by molar-refractivity contribution is 5.73. The first-order chi connectivity index (χ1) is 13.1. The Kier molecular flexibility index (Phi) is 6.43. The van der Waals surface area contributed by atoms with E-state index in [2.05, 4.69) is 37.4 Å². The van der Waals surface area contributed by atoms with Crippen molar-refractivity contribution in [1.29, 1.82) is 0 Å². The number of carbonyl (C=O) groups excluding carboxylic acids is 1. The third kappa shape index (κ3) is 5.55. The van der Waals surface area contributed by atoms with Crippen LogP contribution in [0.4, 0.5) is 10.6 Å². The smallest absolute Gasteiger partial charge is 0.315 e. The van der Waals surface area contributed by atoms with Crippen LogP contribution in [0.25, 0.3) is 0 Å². The minimum Gasteiger partial charge on any atom is -0.481 e. The maximum absolute atomic E-state index is 12.0. The second-order valence-corrected chi connectivity index (χ2v) is 6.56. The highest BCUT2D eigenvalue weighted by Gasteiger charge is 2.14. The predicted octanol–water partition coefficient (Wildman–Crippen LogP) is 1.24. The summed E-state index contributed by atoms with van der Waals surface area (Å²) in [5, 5.41) is 5.65. The lowest BCUT2D eigenvalue weighted by Crippen LogP contribution is -2.44. The number of rotatable bonds is 6. The molecule has 0 saturated carbocycles. The number of pyridine rings is 2. The van der Waals surface area contributed by atoms with E-state index < -0.39 is 0 Å². The lowest BCUT2D eigenvalue weighted by Gasteiger charge is -2.33. The number of anilines is 1. The lowest BCUT2D eigenvalue weighted by atomic mass is 10.2. The highest BCUT2D eigenvalue weighted by atomic mass is 16.5. The largest absolute Gasteiger partial charge is 0.481 e. The van der Waals surface area contributed by atoms with Gasteiger partial charge in [-0.2, -0.15) is 0 Å². The van der Waals surface area contributed by atoms with Gasteiger partial charge in [-0.3, -0.25) is 0 Å². The summed E-state index contributed by atoms with van der Waals surface area (Å²) in [7, 11) is 3.70. The molecule has 0 spiro atoms. The number of ether oxygens (including phenoxy) is 1. The Morgan fingerprint density at radius 2 is 1.63 bits per heavy atom. The van der Waals surface area contributed by atoms with Gasteiger partial charge in [0, 0.05) is 57.7 Å². The van der Waals surface area contributed by atoms with Crippen LogP contribution in [-0.4, -0.2) is 61.2 Å². The Bertz CT molecular complexity index is 727. The molecule has 0 aromatic carbocycles. The quantitative estimate of drug-likeness (QED) is 0.796. The van der Waals surface area contributed by atoms with Crippen molar-refractivity contribution >= 4 is 11.8 Å². The van der Waals surface area contributed by atoms with E-state index in [1.165, 1.54) is 0 Å². The molecule has 0 radical (unpaired) electrons. The monoisotopic (exact) mass is 370 g/mol. The van der Waals surface area contributed by atoms with E-state index in [4.69, 9.17) is 4.74 Å². The topological polar surface area (TPSA) is 82.6 Å². The standard InChI is InChI=1S/C19H26N6O2/c1-24-7-9-25(10-8-24)17-5-3-15(11-20-17)13-22-19(26)23-14-16-4-6-18(27-2)21-12-16/h3-6,11-12H,7-10,13-14H2,1-2H3,(H2,22,23,26). The van der Waals surface area contributed by atoms with Gasteiger partial charge < -0.3 is 25.2 Å². The number of nitrogens with zero attached hydrogens (tertiary/aromatic N) is 4. The van der Waals surface area contributed by atoms with E-state index in [1.54, 1.807) is 19.4 Å². The average molecular weight is 370 g/mol. The molecule has 144 valence electrons. The van der Waals surface area contributed by atoms with Crippen LogP contribution in [0.2, 0.25) is 0 Å². The molecule has 8 heteroatoms. The molecule has 8 nitrogen and oxygen atoms in total. The molecule has 2 aromatic rings. The maximum atomic E-state index is 12.0. The SMILES string of the molecule is COc1ccc(CNC(=O)NCc2ccc(N3CCN(C)CC3)nc2)cn1. The number of likely N-dealkylation sites (N-methyl/N-ethyl adjacent to an activating group) is 1. The molecule has 0 atom stereocenters. The van der Waals surface area contributed by atoms with Crippen molar-refractivity contribution in [3.05, 3.63) is 47.8 Å². The van der Waals surface area contributed by atoms with Gasteiger partial charge in [-0.25, -0.2) is 14.8 Å². The average Bonchev–Trinajstić information content (AvgIpc) is 2.72. The predicted molar refractivity (Wildman–Crippen MR) is 104 cm³/mol. The van der Waals surface area contributed by atoms with Gasteiger partial charge in [0.1, 0.15) is 5.82 Å². The molecule has 3 rings (SSSR count). The first-order valence-electron chi connectivity index (χ1n) is 9.03. The fourth-order valence-corrected chi connectivity index (χ4v) is 2.81. The number of urea groups is 1. The Labute approximate surface area is 159 Å². The number of methoxy groups -OCH3 is 1. The van der Waals surface area contributed by atoms with Crippen LogP contribution < -0.4 is 20.3 Å². The molecule has 0 aliphatic carbocycles. The van der Waals surface area contributed by atoms with Gasteiger partial charge >= 0.3 is 6.03 Å². The molecular formula is C19H26N6O2. The Balaban J connectivity index is 1.41. The number of nitrogens with one attached hydrogen (secondary N) is 2. The van der Waals surface area contributed by atoms with Gasteiger partial charge in [0.15, 0.2) is 0 Å². The highest BCUT2D eigenvalue weighted by Crippen LogP contribution is 2.13. The molecule has 2 N–H and O–H groups in total. The second-order valence-electron chi connectivity index (χ2n) is 6.56. The van der Waals surface area contributed by atoms with Crippen molar-refractivity contribution in [1.82, 2.24) is 25.5 Å². The van der Waals surface area contributed by atoms with Crippen molar-refractivity contribution in [2.45, 2.75) is 13.1 Å². The minimum atomic E-state index is -0.228. The fourth-order valence-electron chi connectivity index (χ4n) is 2.81. The van der Waals surface area contributed by atoms with Gasteiger partial charge in [0.05, 0.1) is 7.11 Å². The first-order valence-corrected chi connectivity index (χ1v) is 9.03.